The van der Waals surface area contributed by atoms with Gasteiger partial charge in [-0.1, -0.05) is 25.5 Å². The Bertz CT molecular complexity index is 609. The Kier molecular flexibility index (Phi) is 3.93. The van der Waals surface area contributed by atoms with Crippen molar-refractivity contribution in [1.82, 2.24) is 0 Å². The smallest absolute Gasteiger partial charge is 0.174 e. The van der Waals surface area contributed by atoms with E-state index in [0.717, 1.165) is 44.9 Å². The van der Waals surface area contributed by atoms with Crippen molar-refractivity contribution in [2.45, 2.75) is 70.7 Å². The van der Waals surface area contributed by atoms with Gasteiger partial charge in [-0.3, -0.25) is 0 Å². The summed E-state index contributed by atoms with van der Waals surface area (Å²) < 4.78 is 12.4. The van der Waals surface area contributed by atoms with Crippen LogP contribution in [0.2, 0.25) is 0 Å². The first-order valence-electron chi connectivity index (χ1n) is 10.7. The van der Waals surface area contributed by atoms with Gasteiger partial charge in [0, 0.05) is 18.4 Å². The third kappa shape index (κ3) is 2.10. The van der Waals surface area contributed by atoms with E-state index in [4.69, 9.17) is 9.47 Å². The van der Waals surface area contributed by atoms with E-state index < -0.39 is 5.79 Å². The molecule has 0 radical (unpaired) electrons. The third-order valence-electron chi connectivity index (χ3n) is 9.29. The summed E-state index contributed by atoms with van der Waals surface area (Å²) in [6, 6.07) is 0. The molecule has 7 atom stereocenters. The second-order valence-electron chi connectivity index (χ2n) is 10.1. The van der Waals surface area contributed by atoms with Gasteiger partial charge in [0.1, 0.15) is 0 Å². The molecule has 1 heterocycles. The second kappa shape index (κ2) is 5.79. The highest BCUT2D eigenvalue weighted by Gasteiger charge is 2.67. The van der Waals surface area contributed by atoms with E-state index in [-0.39, 0.29) is 23.5 Å². The van der Waals surface area contributed by atoms with Crippen molar-refractivity contribution >= 4 is 0 Å². The van der Waals surface area contributed by atoms with E-state index in [9.17, 15) is 10.2 Å². The van der Waals surface area contributed by atoms with Crippen LogP contribution in [-0.2, 0) is 9.47 Å². The van der Waals surface area contributed by atoms with E-state index in [2.05, 4.69) is 19.9 Å². The number of allylic oxidation sites excluding steroid dienone is 1. The summed E-state index contributed by atoms with van der Waals surface area (Å²) in [5.74, 6) is 1.32. The Morgan fingerprint density at radius 3 is 2.50 bits per heavy atom. The van der Waals surface area contributed by atoms with Crippen molar-refractivity contribution < 1.29 is 19.7 Å². The summed E-state index contributed by atoms with van der Waals surface area (Å²) in [4.78, 5) is 0. The van der Waals surface area contributed by atoms with E-state index >= 15 is 0 Å². The molecule has 0 amide bonds. The van der Waals surface area contributed by atoms with E-state index in [0.29, 0.717) is 36.9 Å². The van der Waals surface area contributed by atoms with Crippen LogP contribution in [0.15, 0.2) is 11.6 Å². The van der Waals surface area contributed by atoms with Crippen LogP contribution in [0.3, 0.4) is 0 Å². The van der Waals surface area contributed by atoms with Crippen LogP contribution in [0, 0.1) is 34.5 Å². The minimum atomic E-state index is -0.401. The molecule has 2 N–H and O–H groups in total. The Morgan fingerprint density at radius 2 is 1.77 bits per heavy atom. The largest absolute Gasteiger partial charge is 0.396 e. The lowest BCUT2D eigenvalue weighted by atomic mass is 9.46. The fourth-order valence-electron chi connectivity index (χ4n) is 7.77. The van der Waals surface area contributed by atoms with Gasteiger partial charge in [-0.25, -0.2) is 0 Å². The summed E-state index contributed by atoms with van der Waals surface area (Å²) in [6.45, 7) is 6.50. The predicted octanol–water partition coefficient (Wildman–Crippen LogP) is 3.27. The molecule has 0 aromatic rings. The van der Waals surface area contributed by atoms with Crippen LogP contribution >= 0.6 is 0 Å². The molecule has 0 aromatic heterocycles. The second-order valence-corrected chi connectivity index (χ2v) is 10.1. The predicted molar refractivity (Wildman–Crippen MR) is 98.3 cm³/mol. The zero-order chi connectivity index (χ0) is 18.2. The lowest BCUT2D eigenvalue weighted by Crippen LogP contribution is -2.57. The monoisotopic (exact) mass is 362 g/mol. The van der Waals surface area contributed by atoms with Crippen molar-refractivity contribution in [3.05, 3.63) is 11.6 Å². The lowest BCUT2D eigenvalue weighted by molar-refractivity contribution is -0.246. The van der Waals surface area contributed by atoms with Gasteiger partial charge in [0.25, 0.3) is 0 Å². The molecule has 4 fully saturated rings. The number of ether oxygens (including phenoxy) is 2. The van der Waals surface area contributed by atoms with Gasteiger partial charge in [-0.05, 0) is 67.6 Å². The van der Waals surface area contributed by atoms with Crippen molar-refractivity contribution in [3.63, 3.8) is 0 Å². The van der Waals surface area contributed by atoms with Crippen LogP contribution in [0.25, 0.3) is 0 Å². The molecule has 1 saturated heterocycles. The van der Waals surface area contributed by atoms with Crippen molar-refractivity contribution in [2.75, 3.05) is 19.8 Å². The molecule has 146 valence electrons. The average Bonchev–Trinajstić information content (AvgIpc) is 3.22. The van der Waals surface area contributed by atoms with Gasteiger partial charge in [0.2, 0.25) is 0 Å². The number of hydrogen-bond acceptors (Lipinski definition) is 4. The van der Waals surface area contributed by atoms with Crippen LogP contribution in [0.4, 0.5) is 0 Å². The topological polar surface area (TPSA) is 58.9 Å². The van der Waals surface area contributed by atoms with E-state index in [1.807, 2.05) is 0 Å². The Labute approximate surface area is 156 Å². The maximum atomic E-state index is 11.2. The molecule has 0 aromatic carbocycles. The SMILES string of the molecule is C[C@]12CC[C@H](CO)CC1=CC(O)C1C2CC[C@@]2(C)C1CCC21OCCO1. The molecule has 4 unspecified atom stereocenters. The number of aliphatic hydroxyl groups excluding tert-OH is 2. The molecule has 4 aliphatic carbocycles. The molecule has 26 heavy (non-hydrogen) atoms. The van der Waals surface area contributed by atoms with Gasteiger partial charge in [-0.15, -0.1) is 0 Å². The van der Waals surface area contributed by atoms with Gasteiger partial charge < -0.3 is 19.7 Å². The molecular weight excluding hydrogens is 328 g/mol. The Hall–Kier alpha value is -0.420. The fraction of sp³-hybridized carbons (Fsp3) is 0.909. The zero-order valence-corrected chi connectivity index (χ0v) is 16.2. The number of fused-ring (bicyclic) bond motifs is 6. The quantitative estimate of drug-likeness (QED) is 0.703. The summed E-state index contributed by atoms with van der Waals surface area (Å²) in [6.07, 6.45) is 9.42. The first kappa shape index (κ1) is 17.7. The number of rotatable bonds is 1. The highest BCUT2D eigenvalue weighted by Crippen LogP contribution is 2.68. The van der Waals surface area contributed by atoms with Crippen LogP contribution in [-0.4, -0.2) is 41.9 Å². The summed E-state index contributed by atoms with van der Waals surface area (Å²) in [5, 5.41) is 20.8. The Balaban J connectivity index is 1.50. The minimum absolute atomic E-state index is 0.0235. The van der Waals surface area contributed by atoms with Gasteiger partial charge in [-0.2, -0.15) is 0 Å². The van der Waals surface area contributed by atoms with E-state index in [1.54, 1.807) is 0 Å². The average molecular weight is 363 g/mol. The number of hydrogen-bond donors (Lipinski definition) is 2. The fourth-order valence-corrected chi connectivity index (χ4v) is 7.77. The molecule has 4 nitrogen and oxygen atoms in total. The Morgan fingerprint density at radius 1 is 1.04 bits per heavy atom. The summed E-state index contributed by atoms with van der Waals surface area (Å²) in [5.41, 5.74) is 1.64. The standard InChI is InChI=1S/C22H34O4/c1-20-6-3-14(13-23)11-15(20)12-18(24)19-16(20)4-7-21(2)17(19)5-8-22(21)25-9-10-26-22/h12,14,16-19,23-24H,3-11,13H2,1-2H3/t14-,16?,17?,18?,19?,20-,21-/m0/s1. The molecular formula is C22H34O4. The summed E-state index contributed by atoms with van der Waals surface area (Å²) in [7, 11) is 0. The zero-order valence-electron chi connectivity index (χ0n) is 16.2. The molecule has 1 aliphatic heterocycles. The highest BCUT2D eigenvalue weighted by atomic mass is 16.7. The van der Waals surface area contributed by atoms with Crippen LogP contribution in [0.1, 0.15) is 58.8 Å². The molecule has 4 heteroatoms. The van der Waals surface area contributed by atoms with Gasteiger partial charge in [0.05, 0.1) is 19.3 Å². The highest BCUT2D eigenvalue weighted by molar-refractivity contribution is 5.28. The summed E-state index contributed by atoms with van der Waals surface area (Å²) >= 11 is 0. The van der Waals surface area contributed by atoms with Crippen molar-refractivity contribution in [3.8, 4) is 0 Å². The van der Waals surface area contributed by atoms with Crippen LogP contribution in [0.5, 0.6) is 0 Å². The molecule has 1 spiro atoms. The maximum absolute atomic E-state index is 11.2. The molecule has 3 saturated carbocycles. The lowest BCUT2D eigenvalue weighted by Gasteiger charge is -2.59. The minimum Gasteiger partial charge on any atom is -0.396 e. The van der Waals surface area contributed by atoms with Gasteiger partial charge >= 0.3 is 0 Å². The van der Waals surface area contributed by atoms with E-state index in [1.165, 1.54) is 5.57 Å². The van der Waals surface area contributed by atoms with Crippen molar-refractivity contribution in [2.24, 2.45) is 34.5 Å². The van der Waals surface area contributed by atoms with Crippen molar-refractivity contribution in [1.29, 1.82) is 0 Å². The third-order valence-corrected chi connectivity index (χ3v) is 9.29. The number of aliphatic hydroxyl groups is 2. The maximum Gasteiger partial charge on any atom is 0.174 e. The first-order chi connectivity index (χ1) is 12.4. The molecule has 0 bridgehead atoms. The molecule has 5 aliphatic rings. The normalized spacial score (nSPS) is 52.3. The van der Waals surface area contributed by atoms with Gasteiger partial charge in [0.15, 0.2) is 5.79 Å². The first-order valence-corrected chi connectivity index (χ1v) is 10.7. The van der Waals surface area contributed by atoms with Crippen LogP contribution < -0.4 is 0 Å². The molecule has 5 rings (SSSR count).